The summed E-state index contributed by atoms with van der Waals surface area (Å²) in [5, 5.41) is 6.28. The van der Waals surface area contributed by atoms with Gasteiger partial charge in [-0.3, -0.25) is 23.5 Å². The first-order valence-electron chi connectivity index (χ1n) is 15.0. The monoisotopic (exact) mass is 582 g/mol. The van der Waals surface area contributed by atoms with Gasteiger partial charge in [-0.1, -0.05) is 42.5 Å². The van der Waals surface area contributed by atoms with Gasteiger partial charge in [0.15, 0.2) is 0 Å². The molecule has 4 aromatic rings. The molecule has 0 spiro atoms. The fourth-order valence-corrected chi connectivity index (χ4v) is 5.81. The quantitative estimate of drug-likeness (QED) is 0.273. The highest BCUT2D eigenvalue weighted by molar-refractivity contribution is 5.91. The number of carbonyl (C=O) groups is 2. The zero-order valence-electron chi connectivity index (χ0n) is 24.5. The van der Waals surface area contributed by atoms with Gasteiger partial charge in [0.25, 0.3) is 5.56 Å². The first-order chi connectivity index (χ1) is 20.9. The van der Waals surface area contributed by atoms with Gasteiger partial charge in [0.1, 0.15) is 12.3 Å². The summed E-state index contributed by atoms with van der Waals surface area (Å²) >= 11 is 0. The van der Waals surface area contributed by atoms with Crippen molar-refractivity contribution in [1.82, 2.24) is 14.5 Å². The van der Waals surface area contributed by atoms with Gasteiger partial charge in [-0.2, -0.15) is 0 Å². The molecule has 1 aliphatic carbocycles. The molecule has 224 valence electrons. The van der Waals surface area contributed by atoms with Gasteiger partial charge >= 0.3 is 5.69 Å². The Labute approximate surface area is 250 Å². The van der Waals surface area contributed by atoms with Crippen LogP contribution in [0.1, 0.15) is 38.2 Å². The van der Waals surface area contributed by atoms with Crippen LogP contribution in [-0.2, 0) is 29.1 Å². The van der Waals surface area contributed by atoms with E-state index in [1.807, 2.05) is 37.3 Å². The number of fused-ring (bicyclic) bond motifs is 1. The third kappa shape index (κ3) is 7.41. The van der Waals surface area contributed by atoms with Crippen LogP contribution in [0.15, 0.2) is 88.5 Å². The number of para-hydroxylation sites is 1. The minimum Gasteiger partial charge on any atom is -0.494 e. The second-order valence-corrected chi connectivity index (χ2v) is 11.1. The van der Waals surface area contributed by atoms with Crippen molar-refractivity contribution in [3.05, 3.63) is 105 Å². The van der Waals surface area contributed by atoms with Crippen LogP contribution < -0.4 is 26.6 Å². The van der Waals surface area contributed by atoms with Gasteiger partial charge < -0.3 is 15.4 Å². The van der Waals surface area contributed by atoms with Gasteiger partial charge in [0.05, 0.1) is 17.5 Å². The van der Waals surface area contributed by atoms with E-state index in [4.69, 9.17) is 4.74 Å². The number of nitrogens with one attached hydrogen (secondary N) is 2. The molecule has 9 nitrogen and oxygen atoms in total. The zero-order valence-corrected chi connectivity index (χ0v) is 24.5. The lowest BCUT2D eigenvalue weighted by Gasteiger charge is -2.28. The smallest absolute Gasteiger partial charge is 0.331 e. The third-order valence-corrected chi connectivity index (χ3v) is 8.10. The molecule has 1 saturated carbocycles. The molecule has 0 aliphatic heterocycles. The molecule has 0 bridgehead atoms. The summed E-state index contributed by atoms with van der Waals surface area (Å²) in [6.45, 7) is 3.06. The Hall–Kier alpha value is -4.66. The van der Waals surface area contributed by atoms with E-state index in [-0.39, 0.29) is 42.3 Å². The Balaban J connectivity index is 1.24. The Morgan fingerprint density at radius 1 is 0.860 bits per heavy atom. The highest BCUT2D eigenvalue weighted by Gasteiger charge is 2.27. The Morgan fingerprint density at radius 3 is 2.28 bits per heavy atom. The maximum absolute atomic E-state index is 13.7. The second-order valence-electron chi connectivity index (χ2n) is 11.1. The molecule has 2 N–H and O–H groups in total. The Bertz CT molecular complexity index is 1670. The first kappa shape index (κ1) is 29.8. The van der Waals surface area contributed by atoms with E-state index in [2.05, 4.69) is 10.6 Å². The van der Waals surface area contributed by atoms with Crippen molar-refractivity contribution >= 4 is 28.4 Å². The van der Waals surface area contributed by atoms with Crippen LogP contribution >= 0.6 is 0 Å². The number of ether oxygens (including phenoxy) is 1. The summed E-state index contributed by atoms with van der Waals surface area (Å²) in [5.74, 6) is 0.417. The molecule has 2 amide bonds. The molecule has 0 unspecified atom stereocenters. The normalized spacial score (nSPS) is 16.5. The lowest BCUT2D eigenvalue weighted by atomic mass is 9.81. The number of aromatic nitrogens is 2. The lowest BCUT2D eigenvalue weighted by molar-refractivity contribution is -0.126. The second kappa shape index (κ2) is 14.0. The van der Waals surface area contributed by atoms with Crippen LogP contribution in [0.25, 0.3) is 10.9 Å². The first-order valence-corrected chi connectivity index (χ1v) is 15.0. The van der Waals surface area contributed by atoms with E-state index in [0.717, 1.165) is 19.3 Å². The minimum absolute atomic E-state index is 0.0664. The molecule has 0 saturated heterocycles. The molecule has 5 rings (SSSR count). The molecule has 1 heterocycles. The predicted molar refractivity (Wildman–Crippen MR) is 167 cm³/mol. The molecule has 9 heteroatoms. The van der Waals surface area contributed by atoms with E-state index >= 15 is 0 Å². The molecule has 1 aliphatic rings. The largest absolute Gasteiger partial charge is 0.494 e. The van der Waals surface area contributed by atoms with Crippen molar-refractivity contribution in [1.29, 1.82) is 0 Å². The number of hydrogen-bond acceptors (Lipinski definition) is 5. The van der Waals surface area contributed by atoms with Crippen LogP contribution in [0.4, 0.5) is 5.69 Å². The Morgan fingerprint density at radius 2 is 1.56 bits per heavy atom. The van der Waals surface area contributed by atoms with Crippen LogP contribution in [0.2, 0.25) is 0 Å². The van der Waals surface area contributed by atoms with Crippen LogP contribution in [-0.4, -0.2) is 34.1 Å². The molecular formula is C34H38N4O5. The highest BCUT2D eigenvalue weighted by Crippen LogP contribution is 2.29. The topological polar surface area (TPSA) is 111 Å². The minimum atomic E-state index is -0.508. The summed E-state index contributed by atoms with van der Waals surface area (Å²) in [4.78, 5) is 52.8. The van der Waals surface area contributed by atoms with E-state index in [9.17, 15) is 19.2 Å². The summed E-state index contributed by atoms with van der Waals surface area (Å²) in [6.07, 6.45) is 3.70. The van der Waals surface area contributed by atoms with Crippen molar-refractivity contribution in [2.24, 2.45) is 11.8 Å². The predicted octanol–water partition coefficient (Wildman–Crippen LogP) is 4.37. The van der Waals surface area contributed by atoms with Crippen LogP contribution in [0, 0.1) is 11.8 Å². The number of anilines is 1. The summed E-state index contributed by atoms with van der Waals surface area (Å²) in [5.41, 5.74) is 1.33. The van der Waals surface area contributed by atoms with Gasteiger partial charge in [-0.15, -0.1) is 0 Å². The number of nitrogens with zero attached hydrogens (tertiary/aromatic N) is 2. The van der Waals surface area contributed by atoms with Crippen LogP contribution in [0.3, 0.4) is 0 Å². The third-order valence-electron chi connectivity index (χ3n) is 8.10. The molecule has 43 heavy (non-hydrogen) atoms. The van der Waals surface area contributed by atoms with E-state index in [1.165, 1.54) is 14.7 Å². The molecule has 1 fully saturated rings. The summed E-state index contributed by atoms with van der Waals surface area (Å²) < 4.78 is 8.08. The number of rotatable bonds is 11. The van der Waals surface area contributed by atoms with Crippen molar-refractivity contribution in [2.45, 2.75) is 52.1 Å². The molecular weight excluding hydrogens is 544 g/mol. The van der Waals surface area contributed by atoms with Gasteiger partial charge in [-0.05, 0) is 86.9 Å². The average molecular weight is 583 g/mol. The highest BCUT2D eigenvalue weighted by atomic mass is 16.5. The maximum Gasteiger partial charge on any atom is 0.331 e. The SMILES string of the molecule is CCOc1ccc(NC(=O)Cn2c(=O)n(CC3CCC(C(=O)NCCc4ccccc4)CC3)c(=O)c3ccccc32)cc1. The summed E-state index contributed by atoms with van der Waals surface area (Å²) in [7, 11) is 0. The standard InChI is InChI=1S/C34H38N4O5/c1-2-43-28-18-16-27(17-19-28)36-31(39)23-37-30-11-7-6-10-29(30)33(41)38(34(37)42)22-25-12-14-26(15-13-25)32(40)35-21-20-24-8-4-3-5-9-24/h3-11,16-19,25-26H,2,12-15,20-23H2,1H3,(H,35,40)(H,36,39). The molecule has 3 aromatic carbocycles. The fraction of sp³-hybridized carbons (Fsp3) is 0.353. The lowest BCUT2D eigenvalue weighted by Crippen LogP contribution is -2.43. The number of carbonyl (C=O) groups excluding carboxylic acids is 2. The molecule has 0 radical (unpaired) electrons. The maximum atomic E-state index is 13.7. The number of hydrogen-bond donors (Lipinski definition) is 2. The van der Waals surface area contributed by atoms with E-state index in [1.54, 1.807) is 48.5 Å². The van der Waals surface area contributed by atoms with E-state index < -0.39 is 5.69 Å². The fourth-order valence-electron chi connectivity index (χ4n) is 5.81. The van der Waals surface area contributed by atoms with Gasteiger partial charge in [0.2, 0.25) is 11.8 Å². The van der Waals surface area contributed by atoms with Gasteiger partial charge in [-0.25, -0.2) is 4.79 Å². The number of benzene rings is 3. The van der Waals surface area contributed by atoms with Crippen molar-refractivity contribution in [3.8, 4) is 5.75 Å². The summed E-state index contributed by atoms with van der Waals surface area (Å²) in [6, 6.07) is 24.0. The average Bonchev–Trinajstić information content (AvgIpc) is 3.03. The van der Waals surface area contributed by atoms with Crippen molar-refractivity contribution < 1.29 is 14.3 Å². The Kier molecular flexibility index (Phi) is 9.71. The van der Waals surface area contributed by atoms with Gasteiger partial charge in [0, 0.05) is 24.7 Å². The van der Waals surface area contributed by atoms with Crippen molar-refractivity contribution in [2.75, 3.05) is 18.5 Å². The molecule has 1 aromatic heterocycles. The van der Waals surface area contributed by atoms with E-state index in [0.29, 0.717) is 48.3 Å². The molecule has 0 atom stereocenters. The van der Waals surface area contributed by atoms with Crippen LogP contribution in [0.5, 0.6) is 5.75 Å². The zero-order chi connectivity index (χ0) is 30.2. The number of amides is 2. The van der Waals surface area contributed by atoms with Crippen molar-refractivity contribution in [3.63, 3.8) is 0 Å².